The molecular formula is C16H16N2O2. The summed E-state index contributed by atoms with van der Waals surface area (Å²) >= 11 is 0. The van der Waals surface area contributed by atoms with Crippen LogP contribution in [0.2, 0.25) is 0 Å². The van der Waals surface area contributed by atoms with Gasteiger partial charge in [0.05, 0.1) is 12.7 Å². The third-order valence-electron chi connectivity index (χ3n) is 2.93. The van der Waals surface area contributed by atoms with Crippen molar-refractivity contribution in [2.45, 2.75) is 13.2 Å². The van der Waals surface area contributed by atoms with Gasteiger partial charge < -0.3 is 15.2 Å². The highest BCUT2D eigenvalue weighted by atomic mass is 16.5. The summed E-state index contributed by atoms with van der Waals surface area (Å²) in [7, 11) is 1.55. The van der Waals surface area contributed by atoms with Crippen molar-refractivity contribution in [3.63, 3.8) is 0 Å². The van der Waals surface area contributed by atoms with Crippen LogP contribution in [0, 0.1) is 11.3 Å². The van der Waals surface area contributed by atoms with Gasteiger partial charge >= 0.3 is 0 Å². The van der Waals surface area contributed by atoms with Gasteiger partial charge in [0.25, 0.3) is 0 Å². The molecule has 0 atom stereocenters. The molecular weight excluding hydrogens is 252 g/mol. The lowest BCUT2D eigenvalue weighted by Gasteiger charge is -2.09. The Morgan fingerprint density at radius 3 is 2.70 bits per heavy atom. The van der Waals surface area contributed by atoms with Crippen LogP contribution in [0.3, 0.4) is 0 Å². The number of ether oxygens (including phenoxy) is 2. The van der Waals surface area contributed by atoms with Gasteiger partial charge in [-0.15, -0.1) is 0 Å². The fourth-order valence-corrected chi connectivity index (χ4v) is 1.85. The zero-order valence-corrected chi connectivity index (χ0v) is 11.3. The number of methoxy groups -OCH3 is 1. The van der Waals surface area contributed by atoms with Crippen LogP contribution in [-0.4, -0.2) is 7.11 Å². The van der Waals surface area contributed by atoms with Crippen molar-refractivity contribution in [3.8, 4) is 17.6 Å². The van der Waals surface area contributed by atoms with E-state index in [0.29, 0.717) is 24.5 Å². The van der Waals surface area contributed by atoms with E-state index in [9.17, 15) is 0 Å². The zero-order chi connectivity index (χ0) is 14.4. The van der Waals surface area contributed by atoms with Crippen molar-refractivity contribution in [3.05, 3.63) is 59.2 Å². The highest BCUT2D eigenvalue weighted by molar-refractivity contribution is 5.45. The van der Waals surface area contributed by atoms with Crippen LogP contribution in [0.25, 0.3) is 0 Å². The molecule has 4 nitrogen and oxygen atoms in total. The summed E-state index contributed by atoms with van der Waals surface area (Å²) in [5, 5.41) is 8.93. The molecule has 0 aliphatic carbocycles. The molecule has 20 heavy (non-hydrogen) atoms. The molecule has 0 aliphatic rings. The number of nitrogens with two attached hydrogens (primary N) is 1. The summed E-state index contributed by atoms with van der Waals surface area (Å²) in [5.74, 6) is 1.33. The molecule has 0 unspecified atom stereocenters. The van der Waals surface area contributed by atoms with Crippen LogP contribution < -0.4 is 15.2 Å². The standard InChI is InChI=1S/C16H16N2O2/c1-19-16-8-13(5-6-14(16)10-18)11-20-15-4-2-3-12(7-15)9-17/h2-8H,9,11,17H2,1H3. The van der Waals surface area contributed by atoms with Crippen LogP contribution in [-0.2, 0) is 13.2 Å². The monoisotopic (exact) mass is 268 g/mol. The maximum atomic E-state index is 8.93. The predicted octanol–water partition coefficient (Wildman–Crippen LogP) is 2.60. The van der Waals surface area contributed by atoms with Crippen molar-refractivity contribution >= 4 is 0 Å². The Morgan fingerprint density at radius 1 is 1.15 bits per heavy atom. The molecule has 0 spiro atoms. The minimum atomic E-state index is 0.413. The van der Waals surface area contributed by atoms with Crippen LogP contribution in [0.15, 0.2) is 42.5 Å². The average Bonchev–Trinajstić information content (AvgIpc) is 2.52. The summed E-state index contributed by atoms with van der Waals surface area (Å²) in [6.07, 6.45) is 0. The molecule has 102 valence electrons. The first-order valence-electron chi connectivity index (χ1n) is 6.25. The van der Waals surface area contributed by atoms with Gasteiger partial charge in [0.1, 0.15) is 24.2 Å². The summed E-state index contributed by atoms with van der Waals surface area (Å²) in [4.78, 5) is 0. The number of benzene rings is 2. The maximum Gasteiger partial charge on any atom is 0.137 e. The summed E-state index contributed by atoms with van der Waals surface area (Å²) < 4.78 is 10.9. The van der Waals surface area contributed by atoms with Crippen molar-refractivity contribution in [2.75, 3.05) is 7.11 Å². The van der Waals surface area contributed by atoms with E-state index in [4.69, 9.17) is 20.5 Å². The summed E-state index contributed by atoms with van der Waals surface area (Å²) in [6, 6.07) is 15.2. The predicted molar refractivity (Wildman–Crippen MR) is 76.4 cm³/mol. The quantitative estimate of drug-likeness (QED) is 0.905. The Morgan fingerprint density at radius 2 is 2.00 bits per heavy atom. The van der Waals surface area contributed by atoms with Crippen LogP contribution >= 0.6 is 0 Å². The van der Waals surface area contributed by atoms with Gasteiger partial charge in [-0.2, -0.15) is 5.26 Å². The number of hydrogen-bond acceptors (Lipinski definition) is 4. The van der Waals surface area contributed by atoms with E-state index in [1.54, 1.807) is 13.2 Å². The molecule has 0 aliphatic heterocycles. The van der Waals surface area contributed by atoms with Crippen LogP contribution in [0.5, 0.6) is 11.5 Å². The first kappa shape index (κ1) is 13.9. The van der Waals surface area contributed by atoms with E-state index in [2.05, 4.69) is 6.07 Å². The van der Waals surface area contributed by atoms with Gasteiger partial charge in [-0.05, 0) is 35.4 Å². The molecule has 0 saturated heterocycles. The van der Waals surface area contributed by atoms with Crippen molar-refractivity contribution in [1.29, 1.82) is 5.26 Å². The smallest absolute Gasteiger partial charge is 0.137 e. The van der Waals surface area contributed by atoms with Gasteiger partial charge in [0.2, 0.25) is 0 Å². The zero-order valence-electron chi connectivity index (χ0n) is 11.3. The third-order valence-corrected chi connectivity index (χ3v) is 2.93. The molecule has 0 aromatic heterocycles. The molecule has 0 heterocycles. The molecule has 0 fully saturated rings. The largest absolute Gasteiger partial charge is 0.495 e. The van der Waals surface area contributed by atoms with Crippen molar-refractivity contribution in [2.24, 2.45) is 5.73 Å². The number of nitrogens with zero attached hydrogens (tertiary/aromatic N) is 1. The van der Waals surface area contributed by atoms with E-state index in [0.717, 1.165) is 16.9 Å². The first-order valence-corrected chi connectivity index (χ1v) is 6.25. The van der Waals surface area contributed by atoms with Gasteiger partial charge in [0.15, 0.2) is 0 Å². The highest BCUT2D eigenvalue weighted by Crippen LogP contribution is 2.21. The third kappa shape index (κ3) is 3.28. The molecule has 2 rings (SSSR count). The fraction of sp³-hybridized carbons (Fsp3) is 0.188. The molecule has 0 radical (unpaired) electrons. The lowest BCUT2D eigenvalue weighted by atomic mass is 10.1. The topological polar surface area (TPSA) is 68.3 Å². The van der Waals surface area contributed by atoms with E-state index in [-0.39, 0.29) is 0 Å². The fourth-order valence-electron chi connectivity index (χ4n) is 1.85. The average molecular weight is 268 g/mol. The Labute approximate surface area is 118 Å². The Kier molecular flexibility index (Phi) is 4.59. The lowest BCUT2D eigenvalue weighted by Crippen LogP contribution is -1.99. The molecule has 4 heteroatoms. The van der Waals surface area contributed by atoms with Gasteiger partial charge in [-0.3, -0.25) is 0 Å². The van der Waals surface area contributed by atoms with Gasteiger partial charge in [-0.25, -0.2) is 0 Å². The van der Waals surface area contributed by atoms with Crippen LogP contribution in [0.1, 0.15) is 16.7 Å². The summed E-state index contributed by atoms with van der Waals surface area (Å²) in [6.45, 7) is 0.901. The normalized spacial score (nSPS) is 9.85. The molecule has 2 N–H and O–H groups in total. The second-order valence-electron chi connectivity index (χ2n) is 4.29. The number of rotatable bonds is 5. The molecule has 2 aromatic rings. The SMILES string of the molecule is COc1cc(COc2cccc(CN)c2)ccc1C#N. The van der Waals surface area contributed by atoms with E-state index >= 15 is 0 Å². The summed E-state index contributed by atoms with van der Waals surface area (Å²) in [5.41, 5.74) is 8.08. The highest BCUT2D eigenvalue weighted by Gasteiger charge is 2.04. The van der Waals surface area contributed by atoms with E-state index < -0.39 is 0 Å². The molecule has 0 amide bonds. The number of nitriles is 1. The first-order chi connectivity index (χ1) is 9.76. The van der Waals surface area contributed by atoms with Crippen LogP contribution in [0.4, 0.5) is 0 Å². The second kappa shape index (κ2) is 6.60. The van der Waals surface area contributed by atoms with Gasteiger partial charge in [-0.1, -0.05) is 18.2 Å². The Hall–Kier alpha value is -2.51. The van der Waals surface area contributed by atoms with E-state index in [1.165, 1.54) is 0 Å². The maximum absolute atomic E-state index is 8.93. The molecule has 0 bridgehead atoms. The lowest BCUT2D eigenvalue weighted by molar-refractivity contribution is 0.305. The second-order valence-corrected chi connectivity index (χ2v) is 4.29. The number of hydrogen-bond donors (Lipinski definition) is 1. The van der Waals surface area contributed by atoms with E-state index in [1.807, 2.05) is 36.4 Å². The molecule has 2 aromatic carbocycles. The van der Waals surface area contributed by atoms with Crippen molar-refractivity contribution in [1.82, 2.24) is 0 Å². The minimum absolute atomic E-state index is 0.413. The molecule has 0 saturated carbocycles. The minimum Gasteiger partial charge on any atom is -0.495 e. The Bertz CT molecular complexity index is 633. The van der Waals surface area contributed by atoms with Gasteiger partial charge in [0, 0.05) is 6.54 Å². The van der Waals surface area contributed by atoms with Crippen molar-refractivity contribution < 1.29 is 9.47 Å². The Balaban J connectivity index is 2.09.